The summed E-state index contributed by atoms with van der Waals surface area (Å²) in [7, 11) is 0. The van der Waals surface area contributed by atoms with Crippen LogP contribution in [0.4, 0.5) is 4.39 Å². The molecule has 4 aromatic rings. The number of nitrogens with one attached hydrogen (secondary N) is 1. The van der Waals surface area contributed by atoms with Crippen LogP contribution in [-0.2, 0) is 24.4 Å². The molecular weight excluding hydrogens is 455 g/mol. The van der Waals surface area contributed by atoms with Gasteiger partial charge in [-0.2, -0.15) is 0 Å². The summed E-state index contributed by atoms with van der Waals surface area (Å²) >= 11 is 6.03. The SMILES string of the molecule is CC1(C(=O)NCc2ccc(F)cc2)Cn2c(nc3ccccc32)C(=O)N1Cc1ccc(Cl)cc1. The van der Waals surface area contributed by atoms with Gasteiger partial charge in [0.2, 0.25) is 5.91 Å². The van der Waals surface area contributed by atoms with E-state index in [0.717, 1.165) is 16.6 Å². The third kappa shape index (κ3) is 3.92. The molecular formula is C26H22ClFN4O2. The van der Waals surface area contributed by atoms with E-state index in [9.17, 15) is 14.0 Å². The van der Waals surface area contributed by atoms with Crippen molar-refractivity contribution in [2.75, 3.05) is 0 Å². The minimum absolute atomic E-state index is 0.217. The van der Waals surface area contributed by atoms with Gasteiger partial charge in [-0.15, -0.1) is 0 Å². The molecule has 1 aliphatic heterocycles. The number of benzene rings is 3. The highest BCUT2D eigenvalue weighted by Crippen LogP contribution is 2.32. The number of nitrogens with zero attached hydrogens (tertiary/aromatic N) is 3. The van der Waals surface area contributed by atoms with Gasteiger partial charge in [0.05, 0.1) is 17.6 Å². The molecule has 34 heavy (non-hydrogen) atoms. The zero-order valence-electron chi connectivity index (χ0n) is 18.5. The Bertz CT molecular complexity index is 1380. The molecule has 0 saturated heterocycles. The minimum Gasteiger partial charge on any atom is -0.350 e. The Morgan fingerprint density at radius 2 is 1.74 bits per heavy atom. The first-order valence-corrected chi connectivity index (χ1v) is 11.3. The fourth-order valence-electron chi connectivity index (χ4n) is 4.32. The molecule has 6 nitrogen and oxygen atoms in total. The van der Waals surface area contributed by atoms with Crippen molar-refractivity contribution in [3.05, 3.63) is 101 Å². The van der Waals surface area contributed by atoms with Crippen molar-refractivity contribution in [2.24, 2.45) is 0 Å². The summed E-state index contributed by atoms with van der Waals surface area (Å²) < 4.78 is 15.1. The average molecular weight is 477 g/mol. The van der Waals surface area contributed by atoms with E-state index in [0.29, 0.717) is 16.4 Å². The molecule has 0 aliphatic carbocycles. The van der Waals surface area contributed by atoms with Crippen LogP contribution >= 0.6 is 11.6 Å². The number of fused-ring (bicyclic) bond motifs is 3. The molecule has 3 aromatic carbocycles. The molecule has 8 heteroatoms. The summed E-state index contributed by atoms with van der Waals surface area (Å²) in [6.07, 6.45) is 0. The van der Waals surface area contributed by atoms with Gasteiger partial charge >= 0.3 is 0 Å². The largest absolute Gasteiger partial charge is 0.350 e. The Hall–Kier alpha value is -3.71. The molecule has 0 radical (unpaired) electrons. The second-order valence-corrected chi connectivity index (χ2v) is 9.05. The lowest BCUT2D eigenvalue weighted by Gasteiger charge is -2.43. The number of rotatable bonds is 5. The van der Waals surface area contributed by atoms with Crippen molar-refractivity contribution in [3.8, 4) is 0 Å². The van der Waals surface area contributed by atoms with E-state index < -0.39 is 5.54 Å². The first-order valence-electron chi connectivity index (χ1n) is 10.9. The summed E-state index contributed by atoms with van der Waals surface area (Å²) in [6, 6.07) is 20.6. The average Bonchev–Trinajstić information content (AvgIpc) is 3.21. The zero-order chi connectivity index (χ0) is 23.9. The van der Waals surface area contributed by atoms with Gasteiger partial charge in [0.15, 0.2) is 5.82 Å². The first kappa shape index (κ1) is 22.1. The smallest absolute Gasteiger partial charge is 0.291 e. The summed E-state index contributed by atoms with van der Waals surface area (Å²) in [6.45, 7) is 2.45. The maximum absolute atomic E-state index is 13.7. The van der Waals surface area contributed by atoms with Gasteiger partial charge in [0, 0.05) is 18.1 Å². The van der Waals surface area contributed by atoms with E-state index in [4.69, 9.17) is 11.6 Å². The van der Waals surface area contributed by atoms with E-state index in [2.05, 4.69) is 10.3 Å². The summed E-state index contributed by atoms with van der Waals surface area (Å²) in [5.41, 5.74) is 1.92. The van der Waals surface area contributed by atoms with Crippen LogP contribution in [0.5, 0.6) is 0 Å². The predicted octanol–water partition coefficient (Wildman–Crippen LogP) is 4.56. The Kier molecular flexibility index (Phi) is 5.57. The maximum Gasteiger partial charge on any atom is 0.291 e. The molecule has 1 N–H and O–H groups in total. The van der Waals surface area contributed by atoms with E-state index in [1.54, 1.807) is 36.1 Å². The van der Waals surface area contributed by atoms with Crippen LogP contribution < -0.4 is 5.32 Å². The van der Waals surface area contributed by atoms with Gasteiger partial charge in [0.1, 0.15) is 11.4 Å². The molecule has 1 aliphatic rings. The van der Waals surface area contributed by atoms with Crippen molar-refractivity contribution < 1.29 is 14.0 Å². The number of hydrogen-bond donors (Lipinski definition) is 1. The Morgan fingerprint density at radius 1 is 1.06 bits per heavy atom. The van der Waals surface area contributed by atoms with Gasteiger partial charge in [-0.1, -0.05) is 48.0 Å². The number of aromatic nitrogens is 2. The molecule has 5 rings (SSSR count). The number of carbonyl (C=O) groups is 2. The van der Waals surface area contributed by atoms with E-state index >= 15 is 0 Å². The molecule has 1 unspecified atom stereocenters. The number of carbonyl (C=O) groups excluding carboxylic acids is 2. The first-order chi connectivity index (χ1) is 16.3. The topological polar surface area (TPSA) is 67.2 Å². The maximum atomic E-state index is 13.7. The number of halogens is 2. The van der Waals surface area contributed by atoms with E-state index in [1.807, 2.05) is 41.0 Å². The summed E-state index contributed by atoms with van der Waals surface area (Å²) in [4.78, 5) is 33.4. The number of amides is 2. The normalized spacial score (nSPS) is 17.6. The van der Waals surface area contributed by atoms with Crippen LogP contribution in [0.15, 0.2) is 72.8 Å². The molecule has 172 valence electrons. The lowest BCUT2D eigenvalue weighted by atomic mass is 9.94. The van der Waals surface area contributed by atoms with Gasteiger partial charge in [-0.25, -0.2) is 9.37 Å². The monoisotopic (exact) mass is 476 g/mol. The quantitative estimate of drug-likeness (QED) is 0.459. The molecule has 0 fully saturated rings. The third-order valence-electron chi connectivity index (χ3n) is 6.26. The zero-order valence-corrected chi connectivity index (χ0v) is 19.2. The van der Waals surface area contributed by atoms with Gasteiger partial charge < -0.3 is 14.8 Å². The minimum atomic E-state index is -1.19. The van der Waals surface area contributed by atoms with Crippen LogP contribution in [0.3, 0.4) is 0 Å². The van der Waals surface area contributed by atoms with Crippen LogP contribution in [0.1, 0.15) is 28.7 Å². The van der Waals surface area contributed by atoms with Crippen molar-refractivity contribution in [1.29, 1.82) is 0 Å². The second kappa shape index (κ2) is 8.57. The molecule has 2 amide bonds. The van der Waals surface area contributed by atoms with Crippen LogP contribution in [0, 0.1) is 5.82 Å². The fourth-order valence-corrected chi connectivity index (χ4v) is 4.45. The Balaban J connectivity index is 1.51. The number of para-hydroxylation sites is 2. The van der Waals surface area contributed by atoms with E-state index in [-0.39, 0.29) is 37.3 Å². The molecule has 1 aromatic heterocycles. The molecule has 0 bridgehead atoms. The van der Waals surface area contributed by atoms with Crippen LogP contribution in [0.2, 0.25) is 5.02 Å². The molecule has 0 saturated carbocycles. The second-order valence-electron chi connectivity index (χ2n) is 8.61. The Morgan fingerprint density at radius 3 is 2.47 bits per heavy atom. The fraction of sp³-hybridized carbons (Fsp3) is 0.192. The van der Waals surface area contributed by atoms with Gasteiger partial charge in [-0.05, 0) is 54.4 Å². The van der Waals surface area contributed by atoms with Crippen LogP contribution in [-0.4, -0.2) is 31.8 Å². The number of hydrogen-bond acceptors (Lipinski definition) is 3. The highest BCUT2D eigenvalue weighted by atomic mass is 35.5. The molecule has 2 heterocycles. The van der Waals surface area contributed by atoms with Crippen molar-refractivity contribution >= 4 is 34.4 Å². The molecule has 0 spiro atoms. The highest BCUT2D eigenvalue weighted by molar-refractivity contribution is 6.30. The lowest BCUT2D eigenvalue weighted by molar-refractivity contribution is -0.133. The van der Waals surface area contributed by atoms with E-state index in [1.165, 1.54) is 12.1 Å². The van der Waals surface area contributed by atoms with Gasteiger partial charge in [-0.3, -0.25) is 9.59 Å². The molecule has 1 atom stereocenters. The lowest BCUT2D eigenvalue weighted by Crippen LogP contribution is -2.63. The summed E-state index contributed by atoms with van der Waals surface area (Å²) in [5, 5.41) is 3.53. The standard InChI is InChI=1S/C26H22ClFN4O2/c1-26(25(34)29-14-17-8-12-20(28)13-9-17)16-31-22-5-3-2-4-21(22)30-23(31)24(33)32(26)15-18-6-10-19(27)11-7-18/h2-13H,14-16H2,1H3,(H,29,34). The number of imidazole rings is 1. The van der Waals surface area contributed by atoms with Gasteiger partial charge in [0.25, 0.3) is 5.91 Å². The van der Waals surface area contributed by atoms with Crippen molar-refractivity contribution in [1.82, 2.24) is 19.8 Å². The van der Waals surface area contributed by atoms with Crippen molar-refractivity contribution in [2.45, 2.75) is 32.1 Å². The highest BCUT2D eigenvalue weighted by Gasteiger charge is 2.48. The third-order valence-corrected chi connectivity index (χ3v) is 6.51. The van der Waals surface area contributed by atoms with Crippen LogP contribution in [0.25, 0.3) is 11.0 Å². The Labute approximate surface area is 201 Å². The predicted molar refractivity (Wildman–Crippen MR) is 128 cm³/mol. The van der Waals surface area contributed by atoms with Crippen molar-refractivity contribution in [3.63, 3.8) is 0 Å². The summed E-state index contributed by atoms with van der Waals surface area (Å²) in [5.74, 6) is -0.660.